The summed E-state index contributed by atoms with van der Waals surface area (Å²) in [5.41, 5.74) is 1.58. The molecule has 0 radical (unpaired) electrons. The largest absolute Gasteiger partial charge is 0.349 e. The van der Waals surface area contributed by atoms with Gasteiger partial charge in [0.1, 0.15) is 5.69 Å². The van der Waals surface area contributed by atoms with E-state index in [2.05, 4.69) is 15.6 Å². The Balaban J connectivity index is 1.64. The second-order valence-electron chi connectivity index (χ2n) is 4.99. The van der Waals surface area contributed by atoms with Crippen molar-refractivity contribution in [1.82, 2.24) is 10.3 Å². The van der Waals surface area contributed by atoms with Gasteiger partial charge >= 0.3 is 0 Å². The lowest BCUT2D eigenvalue weighted by molar-refractivity contribution is 0.0950. The molecule has 0 atom stereocenters. The van der Waals surface area contributed by atoms with E-state index in [0.29, 0.717) is 23.0 Å². The zero-order chi connectivity index (χ0) is 14.7. The highest BCUT2D eigenvalue weighted by molar-refractivity contribution is 6.03. The number of aromatic nitrogens is 1. The van der Waals surface area contributed by atoms with Gasteiger partial charge in [-0.15, -0.1) is 0 Å². The van der Waals surface area contributed by atoms with Crippen LogP contribution >= 0.6 is 0 Å². The molecule has 0 aliphatic heterocycles. The summed E-state index contributed by atoms with van der Waals surface area (Å²) in [6.45, 7) is 0. The molecule has 1 aromatic heterocycles. The summed E-state index contributed by atoms with van der Waals surface area (Å²) in [5, 5.41) is 5.66. The van der Waals surface area contributed by atoms with Crippen LogP contribution in [0.2, 0.25) is 0 Å². The summed E-state index contributed by atoms with van der Waals surface area (Å²) in [7, 11) is 0. The number of carbonyl (C=O) groups excluding carboxylic acids is 2. The van der Waals surface area contributed by atoms with Crippen LogP contribution in [0.1, 0.15) is 33.7 Å². The van der Waals surface area contributed by atoms with Crippen LogP contribution in [0.25, 0.3) is 0 Å². The number of rotatable bonds is 4. The maximum absolute atomic E-state index is 11.9. The first kappa shape index (κ1) is 13.3. The monoisotopic (exact) mass is 281 g/mol. The van der Waals surface area contributed by atoms with Crippen molar-refractivity contribution in [2.24, 2.45) is 0 Å². The molecule has 0 spiro atoms. The van der Waals surface area contributed by atoms with Gasteiger partial charge in [-0.2, -0.15) is 0 Å². The Labute approximate surface area is 122 Å². The first-order valence-corrected chi connectivity index (χ1v) is 6.86. The van der Waals surface area contributed by atoms with Crippen LogP contribution < -0.4 is 10.6 Å². The van der Waals surface area contributed by atoms with Crippen LogP contribution in [-0.4, -0.2) is 22.8 Å². The van der Waals surface area contributed by atoms with Gasteiger partial charge in [-0.1, -0.05) is 6.07 Å². The van der Waals surface area contributed by atoms with E-state index in [9.17, 15) is 9.59 Å². The molecule has 1 saturated carbocycles. The number of nitrogens with zero attached hydrogens (tertiary/aromatic N) is 1. The normalized spacial score (nSPS) is 13.5. The molecule has 1 aliphatic rings. The van der Waals surface area contributed by atoms with Crippen molar-refractivity contribution in [2.75, 3.05) is 5.32 Å². The third-order valence-electron chi connectivity index (χ3n) is 3.22. The van der Waals surface area contributed by atoms with Crippen LogP contribution in [0, 0.1) is 0 Å². The van der Waals surface area contributed by atoms with Crippen molar-refractivity contribution in [3.63, 3.8) is 0 Å². The first-order chi connectivity index (χ1) is 10.2. The molecular weight excluding hydrogens is 266 g/mol. The standard InChI is InChI=1S/C16H15N3O2/c20-15(18-13-8-9-13)11-4-6-12(7-5-11)19-16(21)14-3-1-2-10-17-14/h1-7,10,13H,8-9H2,(H,18,20)(H,19,21). The van der Waals surface area contributed by atoms with Gasteiger partial charge in [0.2, 0.25) is 0 Å². The van der Waals surface area contributed by atoms with Crippen LogP contribution in [0.3, 0.4) is 0 Å². The summed E-state index contributed by atoms with van der Waals surface area (Å²) < 4.78 is 0. The maximum atomic E-state index is 11.9. The Bertz CT molecular complexity index is 649. The number of pyridine rings is 1. The fourth-order valence-electron chi connectivity index (χ4n) is 1.89. The molecular formula is C16H15N3O2. The molecule has 1 aromatic carbocycles. The van der Waals surface area contributed by atoms with Crippen LogP contribution in [0.4, 0.5) is 5.69 Å². The van der Waals surface area contributed by atoms with E-state index in [-0.39, 0.29) is 11.8 Å². The fourth-order valence-corrected chi connectivity index (χ4v) is 1.89. The number of carbonyl (C=O) groups is 2. The molecule has 2 aromatic rings. The number of hydrogen-bond acceptors (Lipinski definition) is 3. The van der Waals surface area contributed by atoms with E-state index in [0.717, 1.165) is 12.8 Å². The number of benzene rings is 1. The number of amides is 2. The molecule has 0 saturated heterocycles. The molecule has 5 heteroatoms. The average molecular weight is 281 g/mol. The minimum Gasteiger partial charge on any atom is -0.349 e. The molecule has 0 bridgehead atoms. The van der Waals surface area contributed by atoms with Gasteiger partial charge in [-0.25, -0.2) is 0 Å². The highest BCUT2D eigenvalue weighted by Gasteiger charge is 2.23. The Kier molecular flexibility index (Phi) is 3.64. The highest BCUT2D eigenvalue weighted by atomic mass is 16.2. The van der Waals surface area contributed by atoms with Gasteiger partial charge in [-0.05, 0) is 49.2 Å². The zero-order valence-electron chi connectivity index (χ0n) is 11.4. The summed E-state index contributed by atoms with van der Waals surface area (Å²) >= 11 is 0. The van der Waals surface area contributed by atoms with E-state index in [1.54, 1.807) is 48.7 Å². The highest BCUT2D eigenvalue weighted by Crippen LogP contribution is 2.19. The molecule has 2 N–H and O–H groups in total. The SMILES string of the molecule is O=C(NC1CC1)c1ccc(NC(=O)c2ccccn2)cc1. The molecule has 2 amide bonds. The molecule has 3 rings (SSSR count). The molecule has 106 valence electrons. The summed E-state index contributed by atoms with van der Waals surface area (Å²) in [5.74, 6) is -0.342. The predicted octanol–water partition coefficient (Wildman–Crippen LogP) is 2.23. The van der Waals surface area contributed by atoms with Gasteiger partial charge in [-0.3, -0.25) is 14.6 Å². The van der Waals surface area contributed by atoms with E-state index in [1.165, 1.54) is 0 Å². The lowest BCUT2D eigenvalue weighted by Gasteiger charge is -2.06. The second-order valence-corrected chi connectivity index (χ2v) is 4.99. The third-order valence-corrected chi connectivity index (χ3v) is 3.22. The van der Waals surface area contributed by atoms with E-state index < -0.39 is 0 Å². The van der Waals surface area contributed by atoms with E-state index in [1.807, 2.05) is 0 Å². The molecule has 5 nitrogen and oxygen atoms in total. The Morgan fingerprint density at radius 3 is 2.38 bits per heavy atom. The number of anilines is 1. The minimum absolute atomic E-state index is 0.0693. The van der Waals surface area contributed by atoms with Crippen molar-refractivity contribution < 1.29 is 9.59 Å². The Hall–Kier alpha value is -2.69. The van der Waals surface area contributed by atoms with Gasteiger partial charge < -0.3 is 10.6 Å². The molecule has 1 fully saturated rings. The van der Waals surface area contributed by atoms with Crippen molar-refractivity contribution >= 4 is 17.5 Å². The van der Waals surface area contributed by atoms with Gasteiger partial charge in [0.15, 0.2) is 0 Å². The van der Waals surface area contributed by atoms with Crippen molar-refractivity contribution in [1.29, 1.82) is 0 Å². The van der Waals surface area contributed by atoms with Crippen LogP contribution in [-0.2, 0) is 0 Å². The fraction of sp³-hybridized carbons (Fsp3) is 0.188. The molecule has 1 heterocycles. The quantitative estimate of drug-likeness (QED) is 0.902. The van der Waals surface area contributed by atoms with E-state index in [4.69, 9.17) is 0 Å². The second kappa shape index (κ2) is 5.75. The Morgan fingerprint density at radius 1 is 1.00 bits per heavy atom. The summed E-state index contributed by atoms with van der Waals surface area (Å²) in [6, 6.07) is 12.3. The molecule has 21 heavy (non-hydrogen) atoms. The minimum atomic E-state index is -0.272. The third kappa shape index (κ3) is 3.45. The van der Waals surface area contributed by atoms with Crippen LogP contribution in [0.5, 0.6) is 0 Å². The van der Waals surface area contributed by atoms with Crippen LogP contribution in [0.15, 0.2) is 48.7 Å². The maximum Gasteiger partial charge on any atom is 0.274 e. The Morgan fingerprint density at radius 2 is 1.76 bits per heavy atom. The van der Waals surface area contributed by atoms with Gasteiger partial charge in [0, 0.05) is 23.5 Å². The van der Waals surface area contributed by atoms with Gasteiger partial charge in [0.25, 0.3) is 11.8 Å². The lowest BCUT2D eigenvalue weighted by atomic mass is 10.2. The van der Waals surface area contributed by atoms with E-state index >= 15 is 0 Å². The summed E-state index contributed by atoms with van der Waals surface area (Å²) in [6.07, 6.45) is 3.69. The molecule has 0 unspecified atom stereocenters. The summed E-state index contributed by atoms with van der Waals surface area (Å²) in [4.78, 5) is 27.8. The first-order valence-electron chi connectivity index (χ1n) is 6.86. The van der Waals surface area contributed by atoms with Crippen molar-refractivity contribution in [3.05, 3.63) is 59.9 Å². The zero-order valence-corrected chi connectivity index (χ0v) is 11.4. The van der Waals surface area contributed by atoms with Gasteiger partial charge in [0.05, 0.1) is 0 Å². The number of hydrogen-bond donors (Lipinski definition) is 2. The predicted molar refractivity (Wildman–Crippen MR) is 79.1 cm³/mol. The smallest absolute Gasteiger partial charge is 0.274 e. The average Bonchev–Trinajstić information content (AvgIpc) is 3.33. The lowest BCUT2D eigenvalue weighted by Crippen LogP contribution is -2.25. The topological polar surface area (TPSA) is 71.1 Å². The van der Waals surface area contributed by atoms with Crippen molar-refractivity contribution in [3.8, 4) is 0 Å². The number of nitrogens with one attached hydrogen (secondary N) is 2. The van der Waals surface area contributed by atoms with Crippen molar-refractivity contribution in [2.45, 2.75) is 18.9 Å². The molecule has 1 aliphatic carbocycles.